The standard InChI is InChI=1S/C22H22ClN3O5S/c1-15-10-12-24(13-11-15)21(28)16-2-6-18(7-3-16)25-14-20(27)26(22(25)29)32(30,31)19-8-4-17(23)5-9-19/h2-9,15H,10-14H2,1H3. The molecule has 32 heavy (non-hydrogen) atoms. The van der Waals surface area contributed by atoms with Gasteiger partial charge in [-0.05, 0) is 67.3 Å². The first-order chi connectivity index (χ1) is 15.2. The number of sulfonamides is 1. The molecule has 2 aliphatic heterocycles. The molecule has 0 saturated carbocycles. The van der Waals surface area contributed by atoms with Gasteiger partial charge in [0.25, 0.3) is 21.8 Å². The number of nitrogens with zero attached hydrogens (tertiary/aromatic N) is 3. The van der Waals surface area contributed by atoms with Gasteiger partial charge in [0.15, 0.2) is 0 Å². The lowest BCUT2D eigenvalue weighted by Crippen LogP contribution is -2.38. The summed E-state index contributed by atoms with van der Waals surface area (Å²) in [6, 6.07) is 10.5. The molecule has 10 heteroatoms. The van der Waals surface area contributed by atoms with Crippen molar-refractivity contribution in [1.29, 1.82) is 0 Å². The van der Waals surface area contributed by atoms with Gasteiger partial charge in [-0.1, -0.05) is 18.5 Å². The molecule has 0 atom stereocenters. The summed E-state index contributed by atoms with van der Waals surface area (Å²) < 4.78 is 26.0. The van der Waals surface area contributed by atoms with Gasteiger partial charge >= 0.3 is 6.03 Å². The number of rotatable bonds is 4. The predicted molar refractivity (Wildman–Crippen MR) is 119 cm³/mol. The Hall–Kier alpha value is -2.91. The highest BCUT2D eigenvalue weighted by atomic mass is 35.5. The predicted octanol–water partition coefficient (Wildman–Crippen LogP) is 3.37. The van der Waals surface area contributed by atoms with E-state index >= 15 is 0 Å². The summed E-state index contributed by atoms with van der Waals surface area (Å²) in [5.74, 6) is -0.334. The van der Waals surface area contributed by atoms with Crippen molar-refractivity contribution in [3.63, 3.8) is 0 Å². The summed E-state index contributed by atoms with van der Waals surface area (Å²) in [6.45, 7) is 3.17. The molecular weight excluding hydrogens is 454 g/mol. The Bertz CT molecular complexity index is 1160. The number of imide groups is 1. The van der Waals surface area contributed by atoms with E-state index in [1.54, 1.807) is 29.2 Å². The van der Waals surface area contributed by atoms with Crippen LogP contribution < -0.4 is 4.90 Å². The van der Waals surface area contributed by atoms with E-state index in [1.807, 2.05) is 0 Å². The number of carbonyl (C=O) groups is 3. The van der Waals surface area contributed by atoms with E-state index in [2.05, 4.69) is 6.92 Å². The lowest BCUT2D eigenvalue weighted by atomic mass is 9.98. The van der Waals surface area contributed by atoms with E-state index in [-0.39, 0.29) is 15.1 Å². The average molecular weight is 476 g/mol. The molecule has 168 valence electrons. The zero-order chi connectivity index (χ0) is 23.0. The summed E-state index contributed by atoms with van der Waals surface area (Å²) in [4.78, 5) is 40.7. The minimum Gasteiger partial charge on any atom is -0.339 e. The maximum Gasteiger partial charge on any atom is 0.346 e. The number of amides is 4. The number of hydrogen-bond donors (Lipinski definition) is 0. The van der Waals surface area contributed by atoms with Gasteiger partial charge in [0, 0.05) is 29.4 Å². The first kappa shape index (κ1) is 22.3. The van der Waals surface area contributed by atoms with Crippen LogP contribution in [0.15, 0.2) is 53.4 Å². The van der Waals surface area contributed by atoms with Crippen molar-refractivity contribution in [1.82, 2.24) is 9.21 Å². The smallest absolute Gasteiger partial charge is 0.339 e. The van der Waals surface area contributed by atoms with Gasteiger partial charge in [0.05, 0.1) is 4.90 Å². The first-order valence-corrected chi connectivity index (χ1v) is 12.0. The van der Waals surface area contributed by atoms with Crippen molar-refractivity contribution in [3.8, 4) is 0 Å². The number of likely N-dealkylation sites (tertiary alicyclic amines) is 1. The number of carbonyl (C=O) groups excluding carboxylic acids is 3. The monoisotopic (exact) mass is 475 g/mol. The molecule has 0 bridgehead atoms. The fourth-order valence-electron chi connectivity index (χ4n) is 3.81. The second-order valence-electron chi connectivity index (χ2n) is 8.01. The molecule has 0 spiro atoms. The molecule has 2 heterocycles. The summed E-state index contributed by atoms with van der Waals surface area (Å²) in [5, 5.41) is 0.332. The lowest BCUT2D eigenvalue weighted by molar-refractivity contribution is -0.121. The number of hydrogen-bond acceptors (Lipinski definition) is 5. The van der Waals surface area contributed by atoms with Crippen molar-refractivity contribution in [2.45, 2.75) is 24.7 Å². The summed E-state index contributed by atoms with van der Waals surface area (Å²) in [5.41, 5.74) is 0.813. The molecule has 0 aromatic heterocycles. The molecule has 2 aromatic rings. The minimum absolute atomic E-state index is 0.0841. The quantitative estimate of drug-likeness (QED) is 0.632. The van der Waals surface area contributed by atoms with Crippen molar-refractivity contribution in [2.75, 3.05) is 24.5 Å². The Morgan fingerprint density at radius 1 is 0.969 bits per heavy atom. The summed E-state index contributed by atoms with van der Waals surface area (Å²) >= 11 is 5.80. The van der Waals surface area contributed by atoms with Crippen molar-refractivity contribution in [3.05, 3.63) is 59.1 Å². The van der Waals surface area contributed by atoms with E-state index in [0.29, 0.717) is 35.3 Å². The van der Waals surface area contributed by atoms with E-state index in [1.165, 1.54) is 24.3 Å². The van der Waals surface area contributed by atoms with Crippen LogP contribution >= 0.6 is 11.6 Å². The van der Waals surface area contributed by atoms with E-state index in [0.717, 1.165) is 17.7 Å². The second kappa shape index (κ2) is 8.55. The molecule has 8 nitrogen and oxygen atoms in total. The van der Waals surface area contributed by atoms with Gasteiger partial charge in [-0.3, -0.25) is 14.5 Å². The van der Waals surface area contributed by atoms with E-state index in [4.69, 9.17) is 11.6 Å². The molecular formula is C22H22ClN3O5S. The number of urea groups is 1. The molecule has 4 rings (SSSR count). The van der Waals surface area contributed by atoms with Crippen LogP contribution in [0, 0.1) is 5.92 Å². The fraction of sp³-hybridized carbons (Fsp3) is 0.318. The van der Waals surface area contributed by atoms with Crippen molar-refractivity contribution >= 4 is 45.2 Å². The third-order valence-corrected chi connectivity index (χ3v) is 7.73. The van der Waals surface area contributed by atoms with Gasteiger partial charge < -0.3 is 4.90 Å². The highest BCUT2D eigenvalue weighted by Gasteiger charge is 2.45. The molecule has 2 aliphatic rings. The molecule has 0 aliphatic carbocycles. The van der Waals surface area contributed by atoms with Crippen LogP contribution in [0.3, 0.4) is 0 Å². The van der Waals surface area contributed by atoms with Gasteiger partial charge in [-0.15, -0.1) is 4.31 Å². The normalized spacial score (nSPS) is 17.9. The maximum absolute atomic E-state index is 12.9. The minimum atomic E-state index is -4.36. The molecule has 0 N–H and O–H groups in total. The Morgan fingerprint density at radius 3 is 2.16 bits per heavy atom. The third kappa shape index (κ3) is 4.10. The second-order valence-corrected chi connectivity index (χ2v) is 10.2. The lowest BCUT2D eigenvalue weighted by Gasteiger charge is -2.30. The van der Waals surface area contributed by atoms with Crippen LogP contribution in [0.4, 0.5) is 10.5 Å². The third-order valence-electron chi connectivity index (χ3n) is 5.77. The van der Waals surface area contributed by atoms with Gasteiger partial charge in [-0.25, -0.2) is 13.2 Å². The fourth-order valence-corrected chi connectivity index (χ4v) is 5.26. The molecule has 4 amide bonds. The molecule has 0 radical (unpaired) electrons. The number of piperidine rings is 1. The van der Waals surface area contributed by atoms with E-state index < -0.39 is 28.5 Å². The highest BCUT2D eigenvalue weighted by Crippen LogP contribution is 2.28. The van der Waals surface area contributed by atoms with Crippen LogP contribution in [0.5, 0.6) is 0 Å². The average Bonchev–Trinajstić information content (AvgIpc) is 3.08. The van der Waals surface area contributed by atoms with Crippen LogP contribution in [-0.2, 0) is 14.8 Å². The van der Waals surface area contributed by atoms with Crippen LogP contribution in [-0.4, -0.2) is 55.1 Å². The van der Waals surface area contributed by atoms with Crippen LogP contribution in [0.2, 0.25) is 5.02 Å². The Balaban J connectivity index is 1.52. The van der Waals surface area contributed by atoms with Crippen molar-refractivity contribution in [2.24, 2.45) is 5.92 Å². The van der Waals surface area contributed by atoms with Gasteiger partial charge in [0.2, 0.25) is 0 Å². The summed E-state index contributed by atoms with van der Waals surface area (Å²) in [7, 11) is -4.36. The number of anilines is 1. The topological polar surface area (TPSA) is 95.1 Å². The zero-order valence-corrected chi connectivity index (χ0v) is 19.0. The summed E-state index contributed by atoms with van der Waals surface area (Å²) in [6.07, 6.45) is 1.93. The SMILES string of the molecule is CC1CCN(C(=O)c2ccc(N3CC(=O)N(S(=O)(=O)c4ccc(Cl)cc4)C3=O)cc2)CC1. The zero-order valence-electron chi connectivity index (χ0n) is 17.4. The van der Waals surface area contributed by atoms with Gasteiger partial charge in [-0.2, -0.15) is 0 Å². The largest absolute Gasteiger partial charge is 0.346 e. The van der Waals surface area contributed by atoms with Crippen LogP contribution in [0.25, 0.3) is 0 Å². The maximum atomic E-state index is 12.9. The molecule has 2 saturated heterocycles. The molecule has 0 unspecified atom stereocenters. The Kier molecular flexibility index (Phi) is 5.96. The van der Waals surface area contributed by atoms with E-state index in [9.17, 15) is 22.8 Å². The Morgan fingerprint density at radius 2 is 1.56 bits per heavy atom. The van der Waals surface area contributed by atoms with Crippen LogP contribution in [0.1, 0.15) is 30.1 Å². The van der Waals surface area contributed by atoms with Gasteiger partial charge in [0.1, 0.15) is 6.54 Å². The molecule has 2 aromatic carbocycles. The number of halogens is 1. The highest BCUT2D eigenvalue weighted by molar-refractivity contribution is 7.90. The molecule has 2 fully saturated rings. The first-order valence-electron chi connectivity index (χ1n) is 10.2. The number of benzene rings is 2. The van der Waals surface area contributed by atoms with Crippen molar-refractivity contribution < 1.29 is 22.8 Å². The Labute approximate surface area is 191 Å².